The molecule has 1 rings (SSSR count). The quantitative estimate of drug-likeness (QED) is 0.534. The van der Waals surface area contributed by atoms with Crippen molar-refractivity contribution in [3.63, 3.8) is 0 Å². The van der Waals surface area contributed by atoms with Crippen molar-refractivity contribution in [2.75, 3.05) is 26.2 Å². The molecule has 0 aromatic heterocycles. The van der Waals surface area contributed by atoms with Crippen molar-refractivity contribution in [2.24, 2.45) is 0 Å². The summed E-state index contributed by atoms with van der Waals surface area (Å²) in [6.45, 7) is 5.37. The molecule has 1 saturated heterocycles. The van der Waals surface area contributed by atoms with E-state index in [9.17, 15) is 0 Å². The molecule has 0 radical (unpaired) electrons. The molecule has 4 N–H and O–H groups in total. The lowest BCUT2D eigenvalue weighted by Gasteiger charge is -2.15. The molecule has 2 nitrogen and oxygen atoms in total. The summed E-state index contributed by atoms with van der Waals surface area (Å²) in [6, 6.07) is 0. The van der Waals surface area contributed by atoms with Gasteiger partial charge >= 0.3 is 0 Å². The molecule has 0 aromatic rings. The summed E-state index contributed by atoms with van der Waals surface area (Å²) in [5.41, 5.74) is 3.88. The van der Waals surface area contributed by atoms with Crippen LogP contribution in [-0.4, -0.2) is 26.2 Å². The fourth-order valence-corrected chi connectivity index (χ4v) is 2.03. The first-order chi connectivity index (χ1) is 5.93. The Labute approximate surface area is 76.1 Å². The Balaban J connectivity index is 2.04. The van der Waals surface area contributed by atoms with Crippen LogP contribution in [0.5, 0.6) is 0 Å². The second-order valence-electron chi connectivity index (χ2n) is 3.97. The van der Waals surface area contributed by atoms with Crippen LogP contribution >= 0.6 is 0 Å². The van der Waals surface area contributed by atoms with Crippen LogP contribution in [0.1, 0.15) is 38.5 Å². The number of likely N-dealkylation sites (tertiary alicyclic amines) is 1. The minimum atomic E-state index is 1.12. The zero-order valence-electron chi connectivity index (χ0n) is 8.28. The second kappa shape index (κ2) is 6.44. The van der Waals surface area contributed by atoms with E-state index in [1.165, 1.54) is 58.2 Å². The lowest BCUT2D eigenvalue weighted by atomic mass is 10.2. The van der Waals surface area contributed by atoms with Crippen molar-refractivity contribution in [1.29, 1.82) is 0 Å². The Morgan fingerprint density at radius 1 is 0.917 bits per heavy atom. The molecule has 0 aliphatic carbocycles. The van der Waals surface area contributed by atoms with Crippen LogP contribution in [0.25, 0.3) is 0 Å². The molecule has 72 valence electrons. The molecule has 12 heavy (non-hydrogen) atoms. The van der Waals surface area contributed by atoms with E-state index in [1.807, 2.05) is 4.90 Å². The van der Waals surface area contributed by atoms with Crippen molar-refractivity contribution >= 4 is 0 Å². The average Bonchev–Trinajstić information content (AvgIpc) is 2.33. The third kappa shape index (κ3) is 4.07. The van der Waals surface area contributed by atoms with Crippen LogP contribution < -0.4 is 10.6 Å². The van der Waals surface area contributed by atoms with Gasteiger partial charge in [-0.05, 0) is 25.7 Å². The highest BCUT2D eigenvalue weighted by atomic mass is 15.1. The van der Waals surface area contributed by atoms with Crippen molar-refractivity contribution in [3.8, 4) is 0 Å². The van der Waals surface area contributed by atoms with Crippen LogP contribution in [-0.2, 0) is 0 Å². The number of nitrogens with one attached hydrogen (secondary N) is 1. The monoisotopic (exact) mass is 172 g/mol. The van der Waals surface area contributed by atoms with Gasteiger partial charge in [0.2, 0.25) is 0 Å². The molecule has 0 bridgehead atoms. The SMILES string of the molecule is [NH3+]CCCC[NH+]1CCCCCC1. The van der Waals surface area contributed by atoms with E-state index < -0.39 is 0 Å². The zero-order valence-corrected chi connectivity index (χ0v) is 8.28. The van der Waals surface area contributed by atoms with E-state index in [-0.39, 0.29) is 0 Å². The smallest absolute Gasteiger partial charge is 0.0773 e. The predicted molar refractivity (Wildman–Crippen MR) is 51.0 cm³/mol. The standard InChI is InChI=1S/C10H22N2/c11-7-3-6-10-12-8-4-1-2-5-9-12/h1-11H2/p+2. The Kier molecular flexibility index (Phi) is 5.37. The fraction of sp³-hybridized carbons (Fsp3) is 1.00. The van der Waals surface area contributed by atoms with E-state index in [0.717, 1.165) is 6.54 Å². The Bertz CT molecular complexity index is 96.0. The van der Waals surface area contributed by atoms with Gasteiger partial charge in [-0.2, -0.15) is 0 Å². The largest absolute Gasteiger partial charge is 0.358 e. The van der Waals surface area contributed by atoms with E-state index in [4.69, 9.17) is 0 Å². The number of rotatable bonds is 4. The van der Waals surface area contributed by atoms with Crippen molar-refractivity contribution in [1.82, 2.24) is 0 Å². The van der Waals surface area contributed by atoms with Crippen LogP contribution in [0, 0.1) is 0 Å². The number of hydrogen-bond acceptors (Lipinski definition) is 0. The van der Waals surface area contributed by atoms with Crippen LogP contribution in [0.15, 0.2) is 0 Å². The van der Waals surface area contributed by atoms with Gasteiger partial charge in [-0.1, -0.05) is 0 Å². The first-order valence-corrected chi connectivity index (χ1v) is 5.56. The first-order valence-electron chi connectivity index (χ1n) is 5.56. The van der Waals surface area contributed by atoms with Crippen molar-refractivity contribution in [2.45, 2.75) is 38.5 Å². The Hall–Kier alpha value is -0.0800. The predicted octanol–water partition coefficient (Wildman–Crippen LogP) is -0.533. The maximum absolute atomic E-state index is 3.88. The number of quaternary nitrogens is 2. The highest BCUT2D eigenvalue weighted by Crippen LogP contribution is 1.99. The number of hydrogen-bond donors (Lipinski definition) is 2. The van der Waals surface area contributed by atoms with Crippen LogP contribution in [0.4, 0.5) is 0 Å². The van der Waals surface area contributed by atoms with Gasteiger partial charge in [-0.25, -0.2) is 0 Å². The summed E-state index contributed by atoms with van der Waals surface area (Å²) >= 11 is 0. The molecule has 0 spiro atoms. The summed E-state index contributed by atoms with van der Waals surface area (Å²) in [7, 11) is 0. The molecule has 0 unspecified atom stereocenters. The molecule has 1 heterocycles. The zero-order chi connectivity index (χ0) is 8.65. The average molecular weight is 172 g/mol. The van der Waals surface area contributed by atoms with Crippen LogP contribution in [0.2, 0.25) is 0 Å². The second-order valence-corrected chi connectivity index (χ2v) is 3.97. The van der Waals surface area contributed by atoms with E-state index >= 15 is 0 Å². The van der Waals surface area contributed by atoms with E-state index in [2.05, 4.69) is 5.73 Å². The first kappa shape index (κ1) is 10.0. The van der Waals surface area contributed by atoms with Gasteiger partial charge in [0.15, 0.2) is 0 Å². The van der Waals surface area contributed by atoms with Gasteiger partial charge in [0.25, 0.3) is 0 Å². The Morgan fingerprint density at radius 3 is 2.17 bits per heavy atom. The molecule has 0 atom stereocenters. The summed E-state index contributed by atoms with van der Waals surface area (Å²) in [4.78, 5) is 1.85. The maximum atomic E-state index is 3.88. The lowest BCUT2D eigenvalue weighted by Crippen LogP contribution is -3.11. The molecule has 0 aromatic carbocycles. The van der Waals surface area contributed by atoms with Crippen LogP contribution in [0.3, 0.4) is 0 Å². The summed E-state index contributed by atoms with van der Waals surface area (Å²) < 4.78 is 0. The van der Waals surface area contributed by atoms with Crippen molar-refractivity contribution in [3.05, 3.63) is 0 Å². The highest BCUT2D eigenvalue weighted by molar-refractivity contribution is 4.47. The minimum absolute atomic E-state index is 1.12. The number of unbranched alkanes of at least 4 members (excludes halogenated alkanes) is 1. The van der Waals surface area contributed by atoms with Gasteiger partial charge in [0, 0.05) is 12.8 Å². The van der Waals surface area contributed by atoms with E-state index in [0.29, 0.717) is 0 Å². The summed E-state index contributed by atoms with van der Waals surface area (Å²) in [5.74, 6) is 0. The van der Waals surface area contributed by atoms with Gasteiger partial charge in [0.1, 0.15) is 0 Å². The van der Waals surface area contributed by atoms with Gasteiger partial charge in [-0.3, -0.25) is 0 Å². The third-order valence-corrected chi connectivity index (χ3v) is 2.84. The molecule has 0 saturated carbocycles. The normalized spacial score (nSPS) is 20.8. The van der Waals surface area contributed by atoms with Gasteiger partial charge < -0.3 is 10.6 Å². The highest BCUT2D eigenvalue weighted by Gasteiger charge is 2.10. The molecule has 2 heteroatoms. The molecule has 0 amide bonds. The van der Waals surface area contributed by atoms with E-state index in [1.54, 1.807) is 0 Å². The third-order valence-electron chi connectivity index (χ3n) is 2.84. The molecular formula is C10H24N2+2. The van der Waals surface area contributed by atoms with Gasteiger partial charge in [0.05, 0.1) is 26.2 Å². The Morgan fingerprint density at radius 2 is 1.58 bits per heavy atom. The fourth-order valence-electron chi connectivity index (χ4n) is 2.03. The molecule has 1 fully saturated rings. The molecular weight excluding hydrogens is 148 g/mol. The topological polar surface area (TPSA) is 32.1 Å². The summed E-state index contributed by atoms with van der Waals surface area (Å²) in [6.07, 6.45) is 8.57. The maximum Gasteiger partial charge on any atom is 0.0773 e. The van der Waals surface area contributed by atoms with Crippen molar-refractivity contribution < 1.29 is 10.6 Å². The molecule has 1 aliphatic rings. The van der Waals surface area contributed by atoms with Gasteiger partial charge in [-0.15, -0.1) is 0 Å². The molecule has 1 aliphatic heterocycles. The summed E-state index contributed by atoms with van der Waals surface area (Å²) in [5, 5.41) is 0. The minimum Gasteiger partial charge on any atom is -0.358 e. The lowest BCUT2D eigenvalue weighted by molar-refractivity contribution is -0.899.